The highest BCUT2D eigenvalue weighted by Crippen LogP contribution is 2.52. The first kappa shape index (κ1) is 18.4. The van der Waals surface area contributed by atoms with Gasteiger partial charge in [-0.2, -0.15) is 30.7 Å². The summed E-state index contributed by atoms with van der Waals surface area (Å²) < 4.78 is 119. The minimum Gasteiger partial charge on any atom is -0.743 e. The van der Waals surface area contributed by atoms with Crippen molar-refractivity contribution in [1.29, 1.82) is 0 Å². The molecule has 0 radical (unpaired) electrons. The predicted molar refractivity (Wildman–Crippen MR) is 48.7 cm³/mol. The number of halogens is 7. The van der Waals surface area contributed by atoms with Crippen LogP contribution < -0.4 is 0 Å². The van der Waals surface area contributed by atoms with Gasteiger partial charge in [-0.05, 0) is 6.42 Å². The van der Waals surface area contributed by atoms with Crippen LogP contribution >= 0.6 is 0 Å². The monoisotopic (exact) mass is 319 g/mol. The van der Waals surface area contributed by atoms with Gasteiger partial charge in [0.25, 0.3) is 0 Å². The first-order valence-electron chi connectivity index (χ1n) is 4.73. The lowest BCUT2D eigenvalue weighted by molar-refractivity contribution is -0.231. The van der Waals surface area contributed by atoms with Crippen LogP contribution in [-0.4, -0.2) is 30.3 Å². The first-order valence-corrected chi connectivity index (χ1v) is 6.14. The Bertz CT molecular complexity index is 424. The molecule has 0 aliphatic rings. The average molecular weight is 319 g/mol. The van der Waals surface area contributed by atoms with Gasteiger partial charge >= 0.3 is 17.4 Å². The molecule has 19 heavy (non-hydrogen) atoms. The molecule has 0 fully saturated rings. The van der Waals surface area contributed by atoms with Gasteiger partial charge in [0.1, 0.15) is 0 Å². The van der Waals surface area contributed by atoms with Gasteiger partial charge in [-0.25, -0.2) is 8.42 Å². The van der Waals surface area contributed by atoms with Gasteiger partial charge in [-0.15, -0.1) is 0 Å². The number of alkyl halides is 7. The summed E-state index contributed by atoms with van der Waals surface area (Å²) in [6, 6.07) is 0. The van der Waals surface area contributed by atoms with E-state index in [-0.39, 0.29) is 0 Å². The Balaban J connectivity index is 5.40. The van der Waals surface area contributed by atoms with Gasteiger partial charge in [0.2, 0.25) is 0 Å². The van der Waals surface area contributed by atoms with E-state index in [0.29, 0.717) is 13.8 Å². The zero-order valence-corrected chi connectivity index (χ0v) is 10.5. The highest BCUT2D eigenvalue weighted by molar-refractivity contribution is 7.86. The third-order valence-electron chi connectivity index (χ3n) is 2.56. The van der Waals surface area contributed by atoms with Crippen molar-refractivity contribution in [3.05, 3.63) is 0 Å². The van der Waals surface area contributed by atoms with Crippen molar-refractivity contribution in [1.82, 2.24) is 0 Å². The molecule has 0 aromatic carbocycles. The minimum absolute atomic E-state index is 0.331. The third kappa shape index (κ3) is 3.71. The largest absolute Gasteiger partial charge is 0.743 e. The standard InChI is InChI=1S/C8H11F7O3S/c1-5(2,3-4-6(9,10)11)7(12,13)8(14,15)19(16,17)18/h3-4H2,1-2H3,(H,16,17,18)/p-1. The lowest BCUT2D eigenvalue weighted by Crippen LogP contribution is -2.55. The zero-order valence-electron chi connectivity index (χ0n) is 9.69. The van der Waals surface area contributed by atoms with E-state index >= 15 is 0 Å². The van der Waals surface area contributed by atoms with E-state index in [9.17, 15) is 43.7 Å². The van der Waals surface area contributed by atoms with Crippen LogP contribution in [0.15, 0.2) is 0 Å². The molecule has 0 saturated carbocycles. The van der Waals surface area contributed by atoms with Gasteiger partial charge in [0, 0.05) is 11.8 Å². The average Bonchev–Trinajstić information content (AvgIpc) is 2.11. The van der Waals surface area contributed by atoms with E-state index in [1.807, 2.05) is 0 Å². The van der Waals surface area contributed by atoms with Gasteiger partial charge in [-0.3, -0.25) is 0 Å². The van der Waals surface area contributed by atoms with Crippen molar-refractivity contribution < 1.29 is 43.7 Å². The highest BCUT2D eigenvalue weighted by atomic mass is 32.2. The maximum atomic E-state index is 13.4. The molecular formula is C8H10F7O3S-. The maximum Gasteiger partial charge on any atom is 0.396 e. The molecule has 0 spiro atoms. The maximum absolute atomic E-state index is 13.4. The molecule has 11 heteroatoms. The van der Waals surface area contributed by atoms with Crippen molar-refractivity contribution in [3.8, 4) is 0 Å². The minimum atomic E-state index is -6.71. The van der Waals surface area contributed by atoms with Gasteiger partial charge in [0.15, 0.2) is 10.1 Å². The Morgan fingerprint density at radius 1 is 0.895 bits per heavy atom. The molecule has 0 heterocycles. The second kappa shape index (κ2) is 4.76. The third-order valence-corrected chi connectivity index (χ3v) is 3.45. The summed E-state index contributed by atoms with van der Waals surface area (Å²) in [5.74, 6) is -5.44. The Kier molecular flexibility index (Phi) is 4.61. The Morgan fingerprint density at radius 2 is 1.26 bits per heavy atom. The highest BCUT2D eigenvalue weighted by Gasteiger charge is 2.68. The van der Waals surface area contributed by atoms with Crippen molar-refractivity contribution in [2.45, 2.75) is 44.0 Å². The fraction of sp³-hybridized carbons (Fsp3) is 1.00. The Morgan fingerprint density at radius 3 is 1.53 bits per heavy atom. The molecule has 0 unspecified atom stereocenters. The second-order valence-electron chi connectivity index (χ2n) is 4.54. The molecule has 0 amide bonds. The topological polar surface area (TPSA) is 57.2 Å². The molecule has 3 nitrogen and oxygen atoms in total. The zero-order chi connectivity index (χ0) is 15.9. The summed E-state index contributed by atoms with van der Waals surface area (Å²) in [4.78, 5) is 0. The van der Waals surface area contributed by atoms with Crippen LogP contribution in [0.2, 0.25) is 0 Å². The lowest BCUT2D eigenvalue weighted by Gasteiger charge is -2.39. The van der Waals surface area contributed by atoms with Crippen LogP contribution in [0.5, 0.6) is 0 Å². The fourth-order valence-electron chi connectivity index (χ4n) is 1.16. The predicted octanol–water partition coefficient (Wildman–Crippen LogP) is 3.13. The molecule has 0 aromatic rings. The SMILES string of the molecule is CC(C)(CCC(F)(F)F)C(F)(F)C(F)(F)S(=O)(=O)[O-]. The summed E-state index contributed by atoms with van der Waals surface area (Å²) in [5.41, 5.74) is -3.04. The summed E-state index contributed by atoms with van der Waals surface area (Å²) in [7, 11) is -6.71. The molecule has 0 rings (SSSR count). The summed E-state index contributed by atoms with van der Waals surface area (Å²) in [5, 5.41) is -5.99. The normalized spacial score (nSPS) is 15.7. The first-order chi connectivity index (χ1) is 7.96. The Hall–Kier alpha value is -0.580. The van der Waals surface area contributed by atoms with Crippen LogP contribution in [-0.2, 0) is 10.1 Å². The van der Waals surface area contributed by atoms with Crippen molar-refractivity contribution in [3.63, 3.8) is 0 Å². The number of hydrogen-bond acceptors (Lipinski definition) is 3. The summed E-state index contributed by atoms with van der Waals surface area (Å²) in [6.45, 7) is 0.662. The van der Waals surface area contributed by atoms with Crippen LogP contribution in [0.3, 0.4) is 0 Å². The van der Waals surface area contributed by atoms with Crippen molar-refractivity contribution in [2.24, 2.45) is 5.41 Å². The lowest BCUT2D eigenvalue weighted by atomic mass is 9.81. The molecule has 0 aliphatic heterocycles. The number of rotatable bonds is 5. The van der Waals surface area contributed by atoms with Gasteiger partial charge in [-0.1, -0.05) is 13.8 Å². The van der Waals surface area contributed by atoms with E-state index < -0.39 is 45.7 Å². The quantitative estimate of drug-likeness (QED) is 0.578. The van der Waals surface area contributed by atoms with Crippen molar-refractivity contribution in [2.75, 3.05) is 0 Å². The Labute approximate surface area is 104 Å². The smallest absolute Gasteiger partial charge is 0.396 e. The molecular weight excluding hydrogens is 309 g/mol. The second-order valence-corrected chi connectivity index (χ2v) is 5.97. The van der Waals surface area contributed by atoms with Crippen LogP contribution in [0.25, 0.3) is 0 Å². The van der Waals surface area contributed by atoms with E-state index in [4.69, 9.17) is 0 Å². The van der Waals surface area contributed by atoms with Crippen LogP contribution in [0.4, 0.5) is 30.7 Å². The van der Waals surface area contributed by atoms with Crippen molar-refractivity contribution >= 4 is 10.1 Å². The molecule has 0 bridgehead atoms. The molecule has 116 valence electrons. The van der Waals surface area contributed by atoms with Crippen LogP contribution in [0, 0.1) is 5.41 Å². The van der Waals surface area contributed by atoms with Crippen LogP contribution in [0.1, 0.15) is 26.7 Å². The molecule has 0 atom stereocenters. The van der Waals surface area contributed by atoms with E-state index in [1.54, 1.807) is 0 Å². The summed E-state index contributed by atoms with van der Waals surface area (Å²) in [6.07, 6.45) is -8.15. The van der Waals surface area contributed by atoms with E-state index in [2.05, 4.69) is 0 Å². The fourth-order valence-corrected chi connectivity index (χ4v) is 1.75. The van der Waals surface area contributed by atoms with E-state index in [1.165, 1.54) is 0 Å². The summed E-state index contributed by atoms with van der Waals surface area (Å²) >= 11 is 0. The molecule has 0 aliphatic carbocycles. The molecule has 0 saturated heterocycles. The van der Waals surface area contributed by atoms with Gasteiger partial charge < -0.3 is 4.55 Å². The van der Waals surface area contributed by atoms with E-state index in [0.717, 1.165) is 0 Å². The number of hydrogen-bond donors (Lipinski definition) is 0. The van der Waals surface area contributed by atoms with Gasteiger partial charge in [0.05, 0.1) is 0 Å². The molecule has 0 N–H and O–H groups in total. The molecule has 0 aromatic heterocycles.